The van der Waals surface area contributed by atoms with Crippen molar-refractivity contribution in [2.75, 3.05) is 7.11 Å². The summed E-state index contributed by atoms with van der Waals surface area (Å²) in [6.07, 6.45) is -2.89. The van der Waals surface area contributed by atoms with E-state index in [1.165, 1.54) is 7.11 Å². The summed E-state index contributed by atoms with van der Waals surface area (Å²) in [6, 6.07) is 12.9. The number of rotatable bonds is 5. The third-order valence-electron chi connectivity index (χ3n) is 4.00. The Morgan fingerprint density at radius 2 is 1.79 bits per heavy atom. The first-order chi connectivity index (χ1) is 13.8. The third-order valence-corrected chi connectivity index (χ3v) is 4.00. The van der Waals surface area contributed by atoms with E-state index in [0.717, 1.165) is 39.2 Å². The minimum Gasteiger partial charge on any atom is -0.497 e. The molecule has 0 unspecified atom stereocenters. The Bertz CT molecular complexity index is 1120. The predicted molar refractivity (Wildman–Crippen MR) is 97.2 cm³/mol. The average Bonchev–Trinajstić information content (AvgIpc) is 3.07. The number of nitriles is 1. The largest absolute Gasteiger partial charge is 0.497 e. The van der Waals surface area contributed by atoms with Crippen LogP contribution >= 0.6 is 0 Å². The fraction of sp³-hybridized carbons (Fsp3) is 0.158. The van der Waals surface area contributed by atoms with Crippen LogP contribution in [0.25, 0.3) is 11.8 Å². The summed E-state index contributed by atoms with van der Waals surface area (Å²) < 4.78 is 44.9. The molecule has 0 atom stereocenters. The van der Waals surface area contributed by atoms with Crippen LogP contribution in [0.15, 0.2) is 58.9 Å². The van der Waals surface area contributed by atoms with Crippen LogP contribution in [0.5, 0.6) is 5.75 Å². The Balaban J connectivity index is 1.83. The van der Waals surface area contributed by atoms with E-state index in [2.05, 4.69) is 10.4 Å². The SMILES string of the molecule is COc1ccc(/C=C(\C#N)Cn2nnn(-c3ccc(C(F)(F)F)cc3)c2=O)cc1. The molecule has 148 valence electrons. The Morgan fingerprint density at radius 3 is 2.34 bits per heavy atom. The predicted octanol–water partition coefficient (Wildman–Crippen LogP) is 3.06. The molecule has 10 heteroatoms. The van der Waals surface area contributed by atoms with E-state index in [1.807, 2.05) is 6.07 Å². The molecule has 0 saturated heterocycles. The van der Waals surface area contributed by atoms with Crippen molar-refractivity contribution >= 4 is 6.08 Å². The minimum atomic E-state index is -4.48. The van der Waals surface area contributed by atoms with Crippen LogP contribution in [0.1, 0.15) is 11.1 Å². The first-order valence-corrected chi connectivity index (χ1v) is 8.27. The molecule has 0 amide bonds. The first kappa shape index (κ1) is 19.9. The van der Waals surface area contributed by atoms with Gasteiger partial charge in [-0.2, -0.15) is 27.8 Å². The van der Waals surface area contributed by atoms with Gasteiger partial charge in [0.15, 0.2) is 0 Å². The summed E-state index contributed by atoms with van der Waals surface area (Å²) in [5.41, 5.74) is -0.411. The number of hydrogen-bond acceptors (Lipinski definition) is 5. The van der Waals surface area contributed by atoms with Crippen LogP contribution in [0, 0.1) is 11.3 Å². The van der Waals surface area contributed by atoms with Crippen molar-refractivity contribution < 1.29 is 17.9 Å². The van der Waals surface area contributed by atoms with Gasteiger partial charge in [0.2, 0.25) is 0 Å². The van der Waals surface area contributed by atoms with Crippen molar-refractivity contribution in [3.05, 3.63) is 75.7 Å². The number of halogens is 3. The topological polar surface area (TPSA) is 85.7 Å². The van der Waals surface area contributed by atoms with Gasteiger partial charge in [-0.3, -0.25) is 0 Å². The Labute approximate surface area is 162 Å². The highest BCUT2D eigenvalue weighted by atomic mass is 19.4. The number of alkyl halides is 3. The van der Waals surface area contributed by atoms with Gasteiger partial charge in [-0.15, -0.1) is 0 Å². The fourth-order valence-corrected chi connectivity index (χ4v) is 2.50. The second-order valence-electron chi connectivity index (χ2n) is 5.93. The number of benzene rings is 2. The van der Waals surface area contributed by atoms with Crippen LogP contribution in [0.2, 0.25) is 0 Å². The molecule has 0 N–H and O–H groups in total. The molecule has 2 aromatic carbocycles. The van der Waals surface area contributed by atoms with Crippen molar-refractivity contribution in [2.45, 2.75) is 12.7 Å². The molecule has 0 spiro atoms. The molecule has 7 nitrogen and oxygen atoms in total. The maximum Gasteiger partial charge on any atom is 0.416 e. The molecule has 3 aromatic rings. The lowest BCUT2D eigenvalue weighted by Crippen LogP contribution is -2.25. The molecule has 0 fully saturated rings. The molecule has 1 heterocycles. The summed E-state index contributed by atoms with van der Waals surface area (Å²) in [6.45, 7) is -0.137. The molecule has 0 aliphatic carbocycles. The third kappa shape index (κ3) is 4.52. The summed E-state index contributed by atoms with van der Waals surface area (Å²) in [5, 5.41) is 16.7. The van der Waals surface area contributed by atoms with Crippen molar-refractivity contribution in [3.63, 3.8) is 0 Å². The van der Waals surface area contributed by atoms with E-state index < -0.39 is 17.4 Å². The minimum absolute atomic E-state index is 0.131. The highest BCUT2D eigenvalue weighted by Crippen LogP contribution is 2.29. The van der Waals surface area contributed by atoms with Gasteiger partial charge in [0, 0.05) is 0 Å². The summed E-state index contributed by atoms with van der Waals surface area (Å²) in [5.74, 6) is 0.663. The lowest BCUT2D eigenvalue weighted by Gasteiger charge is -2.06. The molecule has 1 aromatic heterocycles. The molecule has 0 aliphatic rings. The Morgan fingerprint density at radius 1 is 1.14 bits per heavy atom. The van der Waals surface area contributed by atoms with Gasteiger partial charge in [-0.05, 0) is 58.5 Å². The van der Waals surface area contributed by atoms with Crippen molar-refractivity contribution in [2.24, 2.45) is 0 Å². The van der Waals surface area contributed by atoms with E-state index in [1.54, 1.807) is 30.3 Å². The number of aromatic nitrogens is 4. The average molecular weight is 401 g/mol. The van der Waals surface area contributed by atoms with Gasteiger partial charge in [0.05, 0.1) is 36.5 Å². The number of ether oxygens (including phenoxy) is 1. The van der Waals surface area contributed by atoms with E-state index in [-0.39, 0.29) is 17.8 Å². The summed E-state index contributed by atoms with van der Waals surface area (Å²) >= 11 is 0. The lowest BCUT2D eigenvalue weighted by atomic mass is 10.1. The number of allylic oxidation sites excluding steroid dienone is 1. The quantitative estimate of drug-likeness (QED) is 0.614. The highest BCUT2D eigenvalue weighted by Gasteiger charge is 2.30. The van der Waals surface area contributed by atoms with Gasteiger partial charge in [0.25, 0.3) is 0 Å². The summed E-state index contributed by atoms with van der Waals surface area (Å²) in [4.78, 5) is 12.5. The molecular weight excluding hydrogens is 387 g/mol. The maximum absolute atomic E-state index is 12.7. The number of tetrazole rings is 1. The Kier molecular flexibility index (Phi) is 5.50. The zero-order valence-corrected chi connectivity index (χ0v) is 15.1. The van der Waals surface area contributed by atoms with E-state index in [4.69, 9.17) is 4.74 Å². The molecular formula is C19H14F3N5O2. The molecule has 0 saturated carbocycles. The van der Waals surface area contributed by atoms with Crippen LogP contribution in [-0.2, 0) is 12.7 Å². The monoisotopic (exact) mass is 401 g/mol. The van der Waals surface area contributed by atoms with Crippen LogP contribution in [0.4, 0.5) is 13.2 Å². The highest BCUT2D eigenvalue weighted by molar-refractivity contribution is 5.57. The van der Waals surface area contributed by atoms with Crippen molar-refractivity contribution in [1.29, 1.82) is 5.26 Å². The zero-order chi connectivity index (χ0) is 21.0. The second kappa shape index (κ2) is 8.02. The second-order valence-corrected chi connectivity index (χ2v) is 5.93. The van der Waals surface area contributed by atoms with Crippen molar-refractivity contribution in [1.82, 2.24) is 19.8 Å². The van der Waals surface area contributed by atoms with Gasteiger partial charge in [0.1, 0.15) is 5.75 Å². The Hall–Kier alpha value is -3.87. The zero-order valence-electron chi connectivity index (χ0n) is 15.1. The normalized spacial score (nSPS) is 11.9. The first-order valence-electron chi connectivity index (χ1n) is 8.27. The fourth-order valence-electron chi connectivity index (χ4n) is 2.50. The van der Waals surface area contributed by atoms with Gasteiger partial charge >= 0.3 is 11.9 Å². The summed E-state index contributed by atoms with van der Waals surface area (Å²) in [7, 11) is 1.54. The van der Waals surface area contributed by atoms with Crippen molar-refractivity contribution in [3.8, 4) is 17.5 Å². The van der Waals surface area contributed by atoms with Crippen LogP contribution in [0.3, 0.4) is 0 Å². The smallest absolute Gasteiger partial charge is 0.416 e. The molecule has 0 aliphatic heterocycles. The van der Waals surface area contributed by atoms with Gasteiger partial charge in [-0.1, -0.05) is 12.1 Å². The lowest BCUT2D eigenvalue weighted by molar-refractivity contribution is -0.137. The molecule has 0 radical (unpaired) electrons. The molecule has 3 rings (SSSR count). The molecule has 0 bridgehead atoms. The van der Waals surface area contributed by atoms with E-state index >= 15 is 0 Å². The maximum atomic E-state index is 12.7. The van der Waals surface area contributed by atoms with Crippen LogP contribution in [-0.4, -0.2) is 26.9 Å². The molecule has 29 heavy (non-hydrogen) atoms. The standard InChI is InChI=1S/C19H14F3N5O2/c1-29-17-8-2-13(3-9-17)10-14(11-23)12-26-18(28)27(25-24-26)16-6-4-15(5-7-16)19(20,21)22/h2-10H,12H2,1H3/b14-10+. The van der Waals surface area contributed by atoms with E-state index in [0.29, 0.717) is 5.75 Å². The number of methoxy groups -OCH3 is 1. The number of hydrogen-bond donors (Lipinski definition) is 0. The number of nitrogens with zero attached hydrogens (tertiary/aromatic N) is 5. The van der Waals surface area contributed by atoms with Gasteiger partial charge in [-0.25, -0.2) is 4.79 Å². The van der Waals surface area contributed by atoms with E-state index in [9.17, 15) is 23.2 Å². The van der Waals surface area contributed by atoms with Crippen LogP contribution < -0.4 is 10.4 Å². The van der Waals surface area contributed by atoms with Gasteiger partial charge < -0.3 is 4.74 Å².